The van der Waals surface area contributed by atoms with Gasteiger partial charge in [-0.2, -0.15) is 0 Å². The second-order valence-corrected chi connectivity index (χ2v) is 5.29. The molecule has 108 valence electrons. The molecule has 2 aromatic carbocycles. The third kappa shape index (κ3) is 3.18. The van der Waals surface area contributed by atoms with E-state index in [-0.39, 0.29) is 11.4 Å². The van der Waals surface area contributed by atoms with Crippen LogP contribution >= 0.6 is 0 Å². The van der Waals surface area contributed by atoms with Gasteiger partial charge in [0.1, 0.15) is 11.5 Å². The highest BCUT2D eigenvalue weighted by Crippen LogP contribution is 2.39. The average Bonchev–Trinajstić information content (AvgIpc) is 3.30. The molecule has 0 bridgehead atoms. The highest BCUT2D eigenvalue weighted by molar-refractivity contribution is 5.61. The Bertz CT molecular complexity index is 666. The average molecular weight is 286 g/mol. The van der Waals surface area contributed by atoms with E-state index in [0.717, 1.165) is 17.7 Å². The fourth-order valence-electron chi connectivity index (χ4n) is 2.33. The summed E-state index contributed by atoms with van der Waals surface area (Å²) in [5.41, 5.74) is 2.44. The van der Waals surface area contributed by atoms with Crippen molar-refractivity contribution in [3.63, 3.8) is 0 Å². The Kier molecular flexibility index (Phi) is 3.56. The quantitative estimate of drug-likeness (QED) is 0.661. The van der Waals surface area contributed by atoms with Gasteiger partial charge in [-0.1, -0.05) is 24.3 Å². The maximum Gasteiger partial charge on any atom is 0.292 e. The number of nitrogens with one attached hydrogen (secondary N) is 1. The minimum atomic E-state index is -0.516. The Morgan fingerprint density at radius 2 is 1.90 bits per heavy atom. The summed E-state index contributed by atoms with van der Waals surface area (Å²) in [6.45, 7) is 0.426. The standard InChI is InChI=1S/C16H15FN2O2/c17-14-7-8-16(19(20)21)15(9-14)18-10-11-1-3-12(4-2-11)13-5-6-13/h1-4,7-9,13,18H,5-6,10H2. The van der Waals surface area contributed by atoms with Crippen LogP contribution in [-0.2, 0) is 6.54 Å². The minimum absolute atomic E-state index is 0.119. The molecule has 3 rings (SSSR count). The Hall–Kier alpha value is -2.43. The monoisotopic (exact) mass is 286 g/mol. The molecule has 0 aromatic heterocycles. The predicted octanol–water partition coefficient (Wildman–Crippen LogP) is 4.22. The normalized spacial score (nSPS) is 14.0. The van der Waals surface area contributed by atoms with Gasteiger partial charge in [-0.15, -0.1) is 0 Å². The van der Waals surface area contributed by atoms with E-state index in [1.54, 1.807) is 0 Å². The van der Waals surface area contributed by atoms with Gasteiger partial charge in [-0.3, -0.25) is 10.1 Å². The first-order valence-corrected chi connectivity index (χ1v) is 6.90. The first-order valence-electron chi connectivity index (χ1n) is 6.90. The van der Waals surface area contributed by atoms with Crippen molar-refractivity contribution in [3.8, 4) is 0 Å². The zero-order valence-electron chi connectivity index (χ0n) is 11.4. The van der Waals surface area contributed by atoms with Crippen LogP contribution in [-0.4, -0.2) is 4.92 Å². The molecule has 0 amide bonds. The van der Waals surface area contributed by atoms with Crippen LogP contribution in [0.3, 0.4) is 0 Å². The molecule has 5 heteroatoms. The molecule has 0 unspecified atom stereocenters. The zero-order valence-corrected chi connectivity index (χ0v) is 11.4. The summed E-state index contributed by atoms with van der Waals surface area (Å²) in [5, 5.41) is 13.8. The van der Waals surface area contributed by atoms with E-state index < -0.39 is 10.7 Å². The number of halogens is 1. The molecule has 1 N–H and O–H groups in total. The predicted molar refractivity (Wildman–Crippen MR) is 78.8 cm³/mol. The molecule has 1 fully saturated rings. The van der Waals surface area contributed by atoms with Crippen LogP contribution in [0.15, 0.2) is 42.5 Å². The lowest BCUT2D eigenvalue weighted by atomic mass is 10.1. The van der Waals surface area contributed by atoms with Gasteiger partial charge < -0.3 is 5.32 Å². The third-order valence-corrected chi connectivity index (χ3v) is 3.67. The van der Waals surface area contributed by atoms with Crippen LogP contribution < -0.4 is 5.32 Å². The van der Waals surface area contributed by atoms with Gasteiger partial charge >= 0.3 is 0 Å². The van der Waals surface area contributed by atoms with Crippen molar-refractivity contribution in [1.82, 2.24) is 0 Å². The summed E-state index contributed by atoms with van der Waals surface area (Å²) in [7, 11) is 0. The second kappa shape index (κ2) is 5.52. The van der Waals surface area contributed by atoms with Gasteiger partial charge in [0.25, 0.3) is 5.69 Å². The number of anilines is 1. The highest BCUT2D eigenvalue weighted by atomic mass is 19.1. The van der Waals surface area contributed by atoms with Gasteiger partial charge in [-0.25, -0.2) is 4.39 Å². The molecule has 0 radical (unpaired) electrons. The number of rotatable bonds is 5. The summed E-state index contributed by atoms with van der Waals surface area (Å²) in [6, 6.07) is 11.6. The number of nitro groups is 1. The fourth-order valence-corrected chi connectivity index (χ4v) is 2.33. The Morgan fingerprint density at radius 1 is 1.19 bits per heavy atom. The Labute approximate surface area is 121 Å². The number of nitro benzene ring substituents is 1. The lowest BCUT2D eigenvalue weighted by Gasteiger charge is -2.08. The van der Waals surface area contributed by atoms with Crippen molar-refractivity contribution >= 4 is 11.4 Å². The minimum Gasteiger partial charge on any atom is -0.375 e. The van der Waals surface area contributed by atoms with Crippen molar-refractivity contribution in [1.29, 1.82) is 0 Å². The first kappa shape index (κ1) is 13.5. The molecular weight excluding hydrogens is 271 g/mol. The third-order valence-electron chi connectivity index (χ3n) is 3.67. The molecule has 1 aliphatic rings. The van der Waals surface area contributed by atoms with Crippen LogP contribution in [0.5, 0.6) is 0 Å². The van der Waals surface area contributed by atoms with Crippen molar-refractivity contribution in [2.75, 3.05) is 5.32 Å². The first-order chi connectivity index (χ1) is 10.1. The van der Waals surface area contributed by atoms with Gasteiger partial charge in [-0.05, 0) is 36.0 Å². The molecule has 0 spiro atoms. The smallest absolute Gasteiger partial charge is 0.292 e. The molecule has 2 aromatic rings. The van der Waals surface area contributed by atoms with Crippen LogP contribution in [0.25, 0.3) is 0 Å². The molecule has 4 nitrogen and oxygen atoms in total. The van der Waals surface area contributed by atoms with Gasteiger partial charge in [0.15, 0.2) is 0 Å². The van der Waals surface area contributed by atoms with Crippen LogP contribution in [0.2, 0.25) is 0 Å². The molecule has 0 saturated heterocycles. The molecule has 0 atom stereocenters. The maximum absolute atomic E-state index is 13.2. The molecule has 0 aliphatic heterocycles. The van der Waals surface area contributed by atoms with E-state index in [4.69, 9.17) is 0 Å². The van der Waals surface area contributed by atoms with Crippen LogP contribution in [0.1, 0.15) is 29.9 Å². The summed E-state index contributed by atoms with van der Waals surface area (Å²) in [6.07, 6.45) is 2.51. The number of hydrogen-bond donors (Lipinski definition) is 1. The molecule has 1 aliphatic carbocycles. The van der Waals surface area contributed by atoms with Crippen molar-refractivity contribution in [2.45, 2.75) is 25.3 Å². The van der Waals surface area contributed by atoms with Gasteiger partial charge in [0, 0.05) is 18.7 Å². The molecule has 0 heterocycles. The van der Waals surface area contributed by atoms with Crippen molar-refractivity contribution in [2.24, 2.45) is 0 Å². The van der Waals surface area contributed by atoms with Crippen LogP contribution in [0, 0.1) is 15.9 Å². The number of nitrogens with zero attached hydrogens (tertiary/aromatic N) is 1. The number of hydrogen-bond acceptors (Lipinski definition) is 3. The lowest BCUT2D eigenvalue weighted by Crippen LogP contribution is -2.03. The Balaban J connectivity index is 1.71. The topological polar surface area (TPSA) is 55.2 Å². The number of benzene rings is 2. The second-order valence-electron chi connectivity index (χ2n) is 5.29. The van der Waals surface area contributed by atoms with Crippen LogP contribution in [0.4, 0.5) is 15.8 Å². The molecule has 21 heavy (non-hydrogen) atoms. The fraction of sp³-hybridized carbons (Fsp3) is 0.250. The zero-order chi connectivity index (χ0) is 14.8. The maximum atomic E-state index is 13.2. The molecule has 1 saturated carbocycles. The van der Waals surface area contributed by atoms with Crippen molar-refractivity contribution < 1.29 is 9.31 Å². The van der Waals surface area contributed by atoms with E-state index in [9.17, 15) is 14.5 Å². The van der Waals surface area contributed by atoms with Gasteiger partial charge in [0.2, 0.25) is 0 Å². The van der Waals surface area contributed by atoms with Gasteiger partial charge in [0.05, 0.1) is 4.92 Å². The summed E-state index contributed by atoms with van der Waals surface area (Å²) in [5.74, 6) is 0.212. The van der Waals surface area contributed by atoms with E-state index in [0.29, 0.717) is 12.5 Å². The summed E-state index contributed by atoms with van der Waals surface area (Å²) in [4.78, 5) is 10.4. The van der Waals surface area contributed by atoms with E-state index in [1.807, 2.05) is 12.1 Å². The largest absolute Gasteiger partial charge is 0.375 e. The van der Waals surface area contributed by atoms with E-state index in [2.05, 4.69) is 17.4 Å². The Morgan fingerprint density at radius 3 is 2.52 bits per heavy atom. The summed E-state index contributed by atoms with van der Waals surface area (Å²) < 4.78 is 13.2. The lowest BCUT2D eigenvalue weighted by molar-refractivity contribution is -0.384. The van der Waals surface area contributed by atoms with E-state index >= 15 is 0 Å². The SMILES string of the molecule is O=[N+]([O-])c1ccc(F)cc1NCc1ccc(C2CC2)cc1. The summed E-state index contributed by atoms with van der Waals surface area (Å²) >= 11 is 0. The van der Waals surface area contributed by atoms with E-state index in [1.165, 1.54) is 24.5 Å². The molecular formula is C16H15FN2O2. The van der Waals surface area contributed by atoms with Crippen molar-refractivity contribution in [3.05, 3.63) is 69.5 Å². The highest BCUT2D eigenvalue weighted by Gasteiger charge is 2.22.